The van der Waals surface area contributed by atoms with Gasteiger partial charge in [-0.05, 0) is 51.0 Å². The Morgan fingerprint density at radius 3 is 1.31 bits per heavy atom. The maximum Gasteiger partial charge on any atom is 0.469 e. The lowest BCUT2D eigenvalue weighted by molar-refractivity contribution is -0.153. The molecule has 290 valence electrons. The highest BCUT2D eigenvalue weighted by atomic mass is 31.2. The van der Waals surface area contributed by atoms with Crippen molar-refractivity contribution in [2.24, 2.45) is 0 Å². The summed E-state index contributed by atoms with van der Waals surface area (Å²) in [7, 11) is -4.67. The third kappa shape index (κ3) is 41.2. The second kappa shape index (κ2) is 38.1. The fourth-order valence-electron chi connectivity index (χ4n) is 5.99. The summed E-state index contributed by atoms with van der Waals surface area (Å²) in [5.74, 6) is -0.387. The summed E-state index contributed by atoms with van der Waals surface area (Å²) in [6.45, 7) is 4.12. The first-order valence-electron chi connectivity index (χ1n) is 20.7. The molecule has 1 atom stereocenters. The van der Waals surface area contributed by atoms with Gasteiger partial charge in [0.2, 0.25) is 0 Å². The van der Waals surface area contributed by atoms with Crippen molar-refractivity contribution in [3.05, 3.63) is 24.5 Å². The minimum Gasteiger partial charge on any atom is -0.498 e. The van der Waals surface area contributed by atoms with Crippen molar-refractivity contribution in [1.82, 2.24) is 0 Å². The molecule has 0 unspecified atom stereocenters. The zero-order valence-corrected chi connectivity index (χ0v) is 33.0. The summed E-state index contributed by atoms with van der Waals surface area (Å²) in [5.41, 5.74) is 0. The standard InChI is InChI=1S/C41H79O7P/c1-3-5-7-9-11-13-15-17-19-21-22-24-26-28-30-32-34-36-41(42)48-40(39-47-49(43,44)45)38-46-37-35-33-31-29-27-25-23-20-18-16-14-12-10-8-6-4-2/h17,19,35,37,40H,3-16,18,20-34,36,38-39H2,1-2H3,(H2,43,44,45)/b19-17-,37-35-/t40-/m1/s1. The molecule has 7 nitrogen and oxygen atoms in total. The first kappa shape index (κ1) is 47.9. The van der Waals surface area contributed by atoms with E-state index >= 15 is 0 Å². The molecule has 0 amide bonds. The third-order valence-corrected chi connectivity index (χ3v) is 9.55. The molecule has 0 aromatic rings. The van der Waals surface area contributed by atoms with Crippen LogP contribution in [0.5, 0.6) is 0 Å². The lowest BCUT2D eigenvalue weighted by Crippen LogP contribution is -2.27. The molecule has 49 heavy (non-hydrogen) atoms. The maximum absolute atomic E-state index is 12.4. The largest absolute Gasteiger partial charge is 0.498 e. The van der Waals surface area contributed by atoms with Crippen LogP contribution in [0.15, 0.2) is 24.5 Å². The number of hydrogen-bond donors (Lipinski definition) is 2. The van der Waals surface area contributed by atoms with E-state index in [1.807, 2.05) is 6.08 Å². The molecule has 0 aromatic heterocycles. The van der Waals surface area contributed by atoms with Crippen molar-refractivity contribution >= 4 is 13.8 Å². The summed E-state index contributed by atoms with van der Waals surface area (Å²) in [5, 5.41) is 0. The van der Waals surface area contributed by atoms with E-state index in [2.05, 4.69) is 30.5 Å². The Labute approximate surface area is 303 Å². The van der Waals surface area contributed by atoms with Crippen molar-refractivity contribution < 1.29 is 33.1 Å². The minimum absolute atomic E-state index is 0.00475. The Bertz CT molecular complexity index is 795. The smallest absolute Gasteiger partial charge is 0.469 e. The summed E-state index contributed by atoms with van der Waals surface area (Å²) in [4.78, 5) is 30.5. The van der Waals surface area contributed by atoms with Gasteiger partial charge in [0.1, 0.15) is 6.61 Å². The molecule has 0 heterocycles. The summed E-state index contributed by atoms with van der Waals surface area (Å²) < 4.78 is 26.7. The molecule has 0 aliphatic carbocycles. The van der Waals surface area contributed by atoms with Gasteiger partial charge in [-0.1, -0.05) is 174 Å². The Kier molecular flexibility index (Phi) is 37.2. The first-order valence-corrected chi connectivity index (χ1v) is 22.2. The van der Waals surface area contributed by atoms with Crippen LogP contribution in [0.1, 0.15) is 213 Å². The van der Waals surface area contributed by atoms with E-state index in [0.717, 1.165) is 32.1 Å². The SMILES string of the molecule is CCCCCCCC/C=C\CCCCCCCCCC(=O)O[C@H](CO/C=C\CCCCCCCCCCCCCCCC)COP(=O)(O)O. The predicted octanol–water partition coefficient (Wildman–Crippen LogP) is 13.2. The van der Waals surface area contributed by atoms with E-state index < -0.39 is 20.5 Å². The fourth-order valence-corrected chi connectivity index (χ4v) is 6.35. The monoisotopic (exact) mass is 715 g/mol. The molecule has 0 saturated heterocycles. The van der Waals surface area contributed by atoms with Crippen LogP contribution in [0.4, 0.5) is 0 Å². The highest BCUT2D eigenvalue weighted by molar-refractivity contribution is 7.46. The Morgan fingerprint density at radius 2 is 0.898 bits per heavy atom. The molecule has 0 saturated carbocycles. The zero-order valence-electron chi connectivity index (χ0n) is 32.1. The number of rotatable bonds is 39. The number of carbonyl (C=O) groups excluding carboxylic acids is 1. The second-order valence-electron chi connectivity index (χ2n) is 14.0. The molecule has 0 spiro atoms. The summed E-state index contributed by atoms with van der Waals surface area (Å²) in [6.07, 6.45) is 45.5. The van der Waals surface area contributed by atoms with Crippen LogP contribution in [-0.4, -0.2) is 35.1 Å². The molecule has 2 N–H and O–H groups in total. The van der Waals surface area contributed by atoms with E-state index in [4.69, 9.17) is 19.3 Å². The summed E-state index contributed by atoms with van der Waals surface area (Å²) in [6, 6.07) is 0. The van der Waals surface area contributed by atoms with Crippen LogP contribution < -0.4 is 0 Å². The van der Waals surface area contributed by atoms with Crippen molar-refractivity contribution in [3.8, 4) is 0 Å². The fraction of sp³-hybridized carbons (Fsp3) is 0.878. The average Bonchev–Trinajstić information content (AvgIpc) is 3.07. The van der Waals surface area contributed by atoms with Crippen LogP contribution in [0.25, 0.3) is 0 Å². The maximum atomic E-state index is 12.4. The van der Waals surface area contributed by atoms with E-state index in [0.29, 0.717) is 0 Å². The molecule has 0 aliphatic heterocycles. The van der Waals surface area contributed by atoms with Gasteiger partial charge in [-0.25, -0.2) is 4.57 Å². The lowest BCUT2D eigenvalue weighted by Gasteiger charge is -2.18. The predicted molar refractivity (Wildman–Crippen MR) is 207 cm³/mol. The van der Waals surface area contributed by atoms with Gasteiger partial charge in [-0.15, -0.1) is 0 Å². The van der Waals surface area contributed by atoms with E-state index in [-0.39, 0.29) is 19.0 Å². The van der Waals surface area contributed by atoms with Crippen molar-refractivity contribution in [1.29, 1.82) is 0 Å². The highest BCUT2D eigenvalue weighted by Gasteiger charge is 2.21. The second-order valence-corrected chi connectivity index (χ2v) is 15.3. The summed E-state index contributed by atoms with van der Waals surface area (Å²) >= 11 is 0. The number of allylic oxidation sites excluding steroid dienone is 3. The molecule has 0 radical (unpaired) electrons. The van der Waals surface area contributed by atoms with Gasteiger partial charge in [0.15, 0.2) is 6.10 Å². The van der Waals surface area contributed by atoms with Gasteiger partial charge >= 0.3 is 13.8 Å². The minimum atomic E-state index is -4.67. The number of phosphoric acid groups is 1. The van der Waals surface area contributed by atoms with E-state index in [1.54, 1.807) is 6.26 Å². The van der Waals surface area contributed by atoms with Crippen LogP contribution >= 0.6 is 7.82 Å². The number of hydrogen-bond acceptors (Lipinski definition) is 5. The normalized spacial score (nSPS) is 12.7. The average molecular weight is 715 g/mol. The van der Waals surface area contributed by atoms with Crippen molar-refractivity contribution in [2.75, 3.05) is 13.2 Å². The van der Waals surface area contributed by atoms with Gasteiger partial charge in [0, 0.05) is 6.42 Å². The van der Waals surface area contributed by atoms with Gasteiger partial charge in [0.25, 0.3) is 0 Å². The van der Waals surface area contributed by atoms with Crippen LogP contribution in [0, 0.1) is 0 Å². The Balaban J connectivity index is 3.84. The first-order chi connectivity index (χ1) is 23.9. The number of esters is 1. The van der Waals surface area contributed by atoms with Crippen LogP contribution in [-0.2, 0) is 23.4 Å². The Morgan fingerprint density at radius 1 is 0.531 bits per heavy atom. The highest BCUT2D eigenvalue weighted by Crippen LogP contribution is 2.36. The molecule has 0 fully saturated rings. The van der Waals surface area contributed by atoms with Crippen LogP contribution in [0.3, 0.4) is 0 Å². The molecular formula is C41H79O7P. The van der Waals surface area contributed by atoms with E-state index in [9.17, 15) is 9.36 Å². The Hall–Kier alpha value is -1.14. The topological polar surface area (TPSA) is 102 Å². The van der Waals surface area contributed by atoms with E-state index in [1.165, 1.54) is 161 Å². The molecule has 8 heteroatoms. The molecule has 0 aliphatic rings. The molecule has 0 bridgehead atoms. The number of carbonyl (C=O) groups is 1. The molecule has 0 rings (SSSR count). The zero-order chi connectivity index (χ0) is 35.9. The van der Waals surface area contributed by atoms with Gasteiger partial charge in [0.05, 0.1) is 12.9 Å². The number of unbranched alkanes of at least 4 members (excludes halogenated alkanes) is 27. The van der Waals surface area contributed by atoms with Crippen molar-refractivity contribution in [2.45, 2.75) is 219 Å². The van der Waals surface area contributed by atoms with Gasteiger partial charge < -0.3 is 19.3 Å². The van der Waals surface area contributed by atoms with Crippen molar-refractivity contribution in [3.63, 3.8) is 0 Å². The number of ether oxygens (including phenoxy) is 2. The van der Waals surface area contributed by atoms with Gasteiger partial charge in [-0.3, -0.25) is 9.32 Å². The van der Waals surface area contributed by atoms with Gasteiger partial charge in [-0.2, -0.15) is 0 Å². The quantitative estimate of drug-likeness (QED) is 0.0215. The van der Waals surface area contributed by atoms with Crippen LogP contribution in [0.2, 0.25) is 0 Å². The number of phosphoric ester groups is 1. The molecular weight excluding hydrogens is 635 g/mol. The third-order valence-electron chi connectivity index (χ3n) is 9.07. The lowest BCUT2D eigenvalue weighted by atomic mass is 10.0. The molecule has 0 aromatic carbocycles.